The lowest BCUT2D eigenvalue weighted by Crippen LogP contribution is -2.29. The number of nitrogens with one attached hydrogen (secondary N) is 1. The number of aryl methyl sites for hydroxylation is 2. The van der Waals surface area contributed by atoms with Crippen LogP contribution in [0.25, 0.3) is 0 Å². The van der Waals surface area contributed by atoms with E-state index < -0.39 is 0 Å². The van der Waals surface area contributed by atoms with Crippen LogP contribution in [0.4, 0.5) is 0 Å². The zero-order chi connectivity index (χ0) is 13.7. The molecule has 0 radical (unpaired) electrons. The van der Waals surface area contributed by atoms with Crippen LogP contribution in [0.15, 0.2) is 47.1 Å². The number of benzene rings is 1. The summed E-state index contributed by atoms with van der Waals surface area (Å²) >= 11 is 0. The van der Waals surface area contributed by atoms with Crippen molar-refractivity contribution in [3.05, 3.63) is 59.5 Å². The first kappa shape index (κ1) is 13.9. The molecule has 0 aliphatic rings. The second kappa shape index (κ2) is 6.58. The molecule has 2 atom stereocenters. The Kier molecular flexibility index (Phi) is 4.80. The number of rotatable bonds is 6. The van der Waals surface area contributed by atoms with Crippen molar-refractivity contribution in [2.75, 3.05) is 0 Å². The molecule has 0 saturated heterocycles. The molecule has 2 rings (SSSR count). The summed E-state index contributed by atoms with van der Waals surface area (Å²) in [6.45, 7) is 6.63. The van der Waals surface area contributed by atoms with Crippen molar-refractivity contribution in [2.45, 2.75) is 45.7 Å². The Morgan fingerprint density at radius 2 is 1.89 bits per heavy atom. The van der Waals surface area contributed by atoms with Gasteiger partial charge < -0.3 is 9.73 Å². The fraction of sp³-hybridized carbons (Fsp3) is 0.412. The predicted octanol–water partition coefficient (Wildman–Crippen LogP) is 4.26. The average molecular weight is 257 g/mol. The third kappa shape index (κ3) is 3.97. The fourth-order valence-electron chi connectivity index (χ4n) is 2.49. The van der Waals surface area contributed by atoms with Gasteiger partial charge in [-0.2, -0.15) is 0 Å². The summed E-state index contributed by atoms with van der Waals surface area (Å²) in [4.78, 5) is 0. The number of hydrogen-bond donors (Lipinski definition) is 1. The topological polar surface area (TPSA) is 25.2 Å². The first-order chi connectivity index (χ1) is 9.16. The summed E-state index contributed by atoms with van der Waals surface area (Å²) < 4.78 is 5.36. The zero-order valence-electron chi connectivity index (χ0n) is 12.0. The van der Waals surface area contributed by atoms with Crippen LogP contribution in [-0.4, -0.2) is 6.04 Å². The fourth-order valence-corrected chi connectivity index (χ4v) is 2.49. The SMILES string of the molecule is Cc1ccccc1[C@@H](C)NC(C)CCc1ccco1. The van der Waals surface area contributed by atoms with Gasteiger partial charge in [-0.15, -0.1) is 0 Å². The van der Waals surface area contributed by atoms with Crippen LogP contribution in [0, 0.1) is 6.92 Å². The minimum atomic E-state index is 0.382. The third-order valence-electron chi connectivity index (χ3n) is 3.59. The second-order valence-electron chi connectivity index (χ2n) is 5.26. The van der Waals surface area contributed by atoms with Crippen molar-refractivity contribution < 1.29 is 4.42 Å². The Morgan fingerprint density at radius 3 is 2.58 bits per heavy atom. The Labute approximate surface area is 115 Å². The molecule has 0 bridgehead atoms. The monoisotopic (exact) mass is 257 g/mol. The van der Waals surface area contributed by atoms with Crippen molar-refractivity contribution in [1.82, 2.24) is 5.32 Å². The molecule has 102 valence electrons. The lowest BCUT2D eigenvalue weighted by Gasteiger charge is -2.21. The molecule has 0 amide bonds. The van der Waals surface area contributed by atoms with E-state index in [-0.39, 0.29) is 0 Å². The first-order valence-electron chi connectivity index (χ1n) is 7.01. The Morgan fingerprint density at radius 1 is 1.11 bits per heavy atom. The van der Waals surface area contributed by atoms with Crippen LogP contribution in [-0.2, 0) is 6.42 Å². The largest absolute Gasteiger partial charge is 0.469 e. The Hall–Kier alpha value is -1.54. The van der Waals surface area contributed by atoms with E-state index in [1.165, 1.54) is 11.1 Å². The van der Waals surface area contributed by atoms with Gasteiger partial charge in [-0.25, -0.2) is 0 Å². The highest BCUT2D eigenvalue weighted by molar-refractivity contribution is 5.28. The molecule has 0 saturated carbocycles. The molecule has 1 heterocycles. The predicted molar refractivity (Wildman–Crippen MR) is 79.2 cm³/mol. The highest BCUT2D eigenvalue weighted by Gasteiger charge is 2.11. The van der Waals surface area contributed by atoms with Gasteiger partial charge in [0.2, 0.25) is 0 Å². The Bertz CT molecular complexity index is 490. The summed E-state index contributed by atoms with van der Waals surface area (Å²) in [5, 5.41) is 3.66. The molecule has 0 fully saturated rings. The van der Waals surface area contributed by atoms with E-state index in [4.69, 9.17) is 4.42 Å². The van der Waals surface area contributed by atoms with Crippen LogP contribution in [0.2, 0.25) is 0 Å². The molecular formula is C17H23NO. The van der Waals surface area contributed by atoms with Crippen LogP contribution in [0.1, 0.15) is 43.2 Å². The van der Waals surface area contributed by atoms with Crippen molar-refractivity contribution in [3.63, 3.8) is 0 Å². The zero-order valence-corrected chi connectivity index (χ0v) is 12.0. The number of furan rings is 1. The van der Waals surface area contributed by atoms with Gasteiger partial charge in [0.05, 0.1) is 6.26 Å². The van der Waals surface area contributed by atoms with Crippen LogP contribution >= 0.6 is 0 Å². The first-order valence-corrected chi connectivity index (χ1v) is 7.01. The highest BCUT2D eigenvalue weighted by Crippen LogP contribution is 2.18. The van der Waals surface area contributed by atoms with E-state index in [9.17, 15) is 0 Å². The quantitative estimate of drug-likeness (QED) is 0.836. The molecule has 2 heteroatoms. The van der Waals surface area contributed by atoms with Crippen LogP contribution in [0.5, 0.6) is 0 Å². The van der Waals surface area contributed by atoms with Crippen molar-refractivity contribution in [3.8, 4) is 0 Å². The van der Waals surface area contributed by atoms with E-state index in [0.717, 1.165) is 18.6 Å². The van der Waals surface area contributed by atoms with Crippen molar-refractivity contribution >= 4 is 0 Å². The molecule has 0 spiro atoms. The maximum atomic E-state index is 5.36. The molecular weight excluding hydrogens is 234 g/mol. The van der Waals surface area contributed by atoms with Gasteiger partial charge in [-0.1, -0.05) is 24.3 Å². The molecule has 1 N–H and O–H groups in total. The molecule has 19 heavy (non-hydrogen) atoms. The summed E-state index contributed by atoms with van der Waals surface area (Å²) in [6, 6.07) is 13.4. The molecule has 1 aromatic heterocycles. The molecule has 2 nitrogen and oxygen atoms in total. The van der Waals surface area contributed by atoms with Gasteiger partial charge in [0.25, 0.3) is 0 Å². The van der Waals surface area contributed by atoms with Gasteiger partial charge in [-0.3, -0.25) is 0 Å². The van der Waals surface area contributed by atoms with Gasteiger partial charge in [0.15, 0.2) is 0 Å². The lowest BCUT2D eigenvalue weighted by molar-refractivity contribution is 0.430. The summed E-state index contributed by atoms with van der Waals surface area (Å²) in [5.41, 5.74) is 2.73. The average Bonchev–Trinajstić information content (AvgIpc) is 2.90. The molecule has 2 aromatic rings. The standard InChI is InChI=1S/C17H23NO/c1-13-7-4-5-9-17(13)15(3)18-14(2)10-11-16-8-6-12-19-16/h4-9,12,14-15,18H,10-11H2,1-3H3/t14?,15-/m1/s1. The van der Waals surface area contributed by atoms with E-state index in [1.54, 1.807) is 6.26 Å². The van der Waals surface area contributed by atoms with E-state index in [1.807, 2.05) is 12.1 Å². The van der Waals surface area contributed by atoms with E-state index >= 15 is 0 Å². The Balaban J connectivity index is 1.85. The maximum Gasteiger partial charge on any atom is 0.103 e. The molecule has 1 unspecified atom stereocenters. The molecule has 1 aromatic carbocycles. The summed E-state index contributed by atoms with van der Waals surface area (Å²) in [7, 11) is 0. The molecule has 0 aliphatic heterocycles. The van der Waals surface area contributed by atoms with Crippen molar-refractivity contribution in [1.29, 1.82) is 0 Å². The molecule has 0 aliphatic carbocycles. The van der Waals surface area contributed by atoms with Gasteiger partial charge in [-0.05, 0) is 50.5 Å². The van der Waals surface area contributed by atoms with Crippen LogP contribution < -0.4 is 5.32 Å². The van der Waals surface area contributed by atoms with Crippen molar-refractivity contribution in [2.24, 2.45) is 0 Å². The summed E-state index contributed by atoms with van der Waals surface area (Å²) in [6.07, 6.45) is 3.81. The summed E-state index contributed by atoms with van der Waals surface area (Å²) in [5.74, 6) is 1.07. The minimum Gasteiger partial charge on any atom is -0.469 e. The smallest absolute Gasteiger partial charge is 0.103 e. The lowest BCUT2D eigenvalue weighted by atomic mass is 10.0. The van der Waals surface area contributed by atoms with E-state index in [2.05, 4.69) is 50.4 Å². The van der Waals surface area contributed by atoms with Gasteiger partial charge in [0.1, 0.15) is 5.76 Å². The minimum absolute atomic E-state index is 0.382. The number of hydrogen-bond acceptors (Lipinski definition) is 2. The van der Waals surface area contributed by atoms with Crippen LogP contribution in [0.3, 0.4) is 0 Å². The van der Waals surface area contributed by atoms with Gasteiger partial charge in [0, 0.05) is 18.5 Å². The second-order valence-corrected chi connectivity index (χ2v) is 5.26. The van der Waals surface area contributed by atoms with Gasteiger partial charge >= 0.3 is 0 Å². The maximum absolute atomic E-state index is 5.36. The van der Waals surface area contributed by atoms with E-state index in [0.29, 0.717) is 12.1 Å². The third-order valence-corrected chi connectivity index (χ3v) is 3.59. The normalized spacial score (nSPS) is 14.3. The highest BCUT2D eigenvalue weighted by atomic mass is 16.3.